The molecule has 0 radical (unpaired) electrons. The highest BCUT2D eigenvalue weighted by Crippen LogP contribution is 2.49. The Morgan fingerprint density at radius 3 is 2.64 bits per heavy atom. The average Bonchev–Trinajstić information content (AvgIpc) is 3.42. The molecular weight excluding hydrogens is 348 g/mol. The lowest BCUT2D eigenvalue weighted by atomic mass is 9.93. The SMILES string of the molecule is Cc1cccc(C2(C(=O)Nc3ccc(-c4cn5cccnc5n4)cc3)CC2)c1. The lowest BCUT2D eigenvalue weighted by Gasteiger charge is -2.16. The molecule has 1 saturated carbocycles. The molecule has 0 bridgehead atoms. The van der Waals surface area contributed by atoms with E-state index in [-0.39, 0.29) is 11.3 Å². The summed E-state index contributed by atoms with van der Waals surface area (Å²) in [5.41, 5.74) is 4.56. The Morgan fingerprint density at radius 2 is 1.93 bits per heavy atom. The molecule has 0 atom stereocenters. The lowest BCUT2D eigenvalue weighted by Crippen LogP contribution is -2.27. The first-order valence-electron chi connectivity index (χ1n) is 9.43. The topological polar surface area (TPSA) is 59.3 Å². The number of amides is 1. The quantitative estimate of drug-likeness (QED) is 0.582. The molecule has 0 spiro atoms. The van der Waals surface area contributed by atoms with Gasteiger partial charge in [0.2, 0.25) is 11.7 Å². The number of benzene rings is 2. The predicted octanol–water partition coefficient (Wildman–Crippen LogP) is 4.38. The summed E-state index contributed by atoms with van der Waals surface area (Å²) in [6.45, 7) is 2.06. The molecule has 2 aromatic heterocycles. The third-order valence-electron chi connectivity index (χ3n) is 5.43. The van der Waals surface area contributed by atoms with E-state index in [4.69, 9.17) is 0 Å². The van der Waals surface area contributed by atoms with Crippen LogP contribution >= 0.6 is 0 Å². The van der Waals surface area contributed by atoms with Gasteiger partial charge in [-0.1, -0.05) is 42.0 Å². The van der Waals surface area contributed by atoms with Crippen LogP contribution in [0.2, 0.25) is 0 Å². The van der Waals surface area contributed by atoms with Gasteiger partial charge in [-0.05, 0) is 43.5 Å². The molecular formula is C23H20N4O. The highest BCUT2D eigenvalue weighted by molar-refractivity contribution is 6.01. The highest BCUT2D eigenvalue weighted by Gasteiger charge is 2.51. The summed E-state index contributed by atoms with van der Waals surface area (Å²) < 4.78 is 1.89. The van der Waals surface area contributed by atoms with Gasteiger partial charge in [-0.2, -0.15) is 0 Å². The van der Waals surface area contributed by atoms with E-state index in [0.717, 1.165) is 35.3 Å². The molecule has 0 saturated heterocycles. The van der Waals surface area contributed by atoms with E-state index in [1.807, 2.05) is 53.2 Å². The van der Waals surface area contributed by atoms with Crippen molar-refractivity contribution in [1.29, 1.82) is 0 Å². The second kappa shape index (κ2) is 6.30. The first kappa shape index (κ1) is 16.7. The molecule has 1 N–H and O–H groups in total. The summed E-state index contributed by atoms with van der Waals surface area (Å²) in [5.74, 6) is 0.742. The van der Waals surface area contributed by atoms with E-state index in [9.17, 15) is 4.79 Å². The summed E-state index contributed by atoms with van der Waals surface area (Å²) in [6, 6.07) is 17.9. The Balaban J connectivity index is 1.35. The maximum absolute atomic E-state index is 12.9. The summed E-state index contributed by atoms with van der Waals surface area (Å²) in [7, 11) is 0. The fourth-order valence-electron chi connectivity index (χ4n) is 3.66. The van der Waals surface area contributed by atoms with Crippen LogP contribution in [0.15, 0.2) is 73.2 Å². The van der Waals surface area contributed by atoms with Crippen LogP contribution in [0.4, 0.5) is 5.69 Å². The predicted molar refractivity (Wildman–Crippen MR) is 109 cm³/mol. The molecule has 5 nitrogen and oxygen atoms in total. The van der Waals surface area contributed by atoms with Gasteiger partial charge in [-0.3, -0.25) is 9.20 Å². The summed E-state index contributed by atoms with van der Waals surface area (Å²) in [4.78, 5) is 21.7. The smallest absolute Gasteiger partial charge is 0.235 e. The molecule has 2 aromatic carbocycles. The number of rotatable bonds is 4. The molecule has 5 heteroatoms. The number of aryl methyl sites for hydroxylation is 1. The van der Waals surface area contributed by atoms with Crippen molar-refractivity contribution in [2.75, 3.05) is 5.32 Å². The highest BCUT2D eigenvalue weighted by atomic mass is 16.2. The largest absolute Gasteiger partial charge is 0.325 e. The van der Waals surface area contributed by atoms with Gasteiger partial charge in [0, 0.05) is 29.8 Å². The number of hydrogen-bond acceptors (Lipinski definition) is 3. The van der Waals surface area contributed by atoms with Gasteiger partial charge in [-0.15, -0.1) is 0 Å². The van der Waals surface area contributed by atoms with E-state index in [2.05, 4.69) is 40.4 Å². The van der Waals surface area contributed by atoms with E-state index >= 15 is 0 Å². The Labute approximate surface area is 163 Å². The Bertz CT molecular complexity index is 1140. The van der Waals surface area contributed by atoms with Crippen LogP contribution < -0.4 is 5.32 Å². The van der Waals surface area contributed by atoms with Crippen molar-refractivity contribution in [1.82, 2.24) is 14.4 Å². The van der Waals surface area contributed by atoms with Gasteiger partial charge in [0.25, 0.3) is 0 Å². The molecule has 0 unspecified atom stereocenters. The molecule has 1 aliphatic rings. The van der Waals surface area contributed by atoms with Crippen LogP contribution in [0.25, 0.3) is 17.0 Å². The first-order valence-corrected chi connectivity index (χ1v) is 9.43. The third-order valence-corrected chi connectivity index (χ3v) is 5.43. The van der Waals surface area contributed by atoms with Crippen LogP contribution in [0.1, 0.15) is 24.0 Å². The first-order chi connectivity index (χ1) is 13.6. The summed E-state index contributed by atoms with van der Waals surface area (Å²) in [5, 5.41) is 3.09. The number of anilines is 1. The van der Waals surface area contributed by atoms with Crippen molar-refractivity contribution >= 4 is 17.4 Å². The summed E-state index contributed by atoms with van der Waals surface area (Å²) >= 11 is 0. The molecule has 0 aliphatic heterocycles. The van der Waals surface area contributed by atoms with E-state index in [1.54, 1.807) is 6.20 Å². The molecule has 28 heavy (non-hydrogen) atoms. The minimum absolute atomic E-state index is 0.0720. The van der Waals surface area contributed by atoms with E-state index in [0.29, 0.717) is 5.78 Å². The Morgan fingerprint density at radius 1 is 1.11 bits per heavy atom. The number of aromatic nitrogens is 3. The third kappa shape index (κ3) is 2.85. The minimum atomic E-state index is -0.377. The Kier molecular flexibility index (Phi) is 3.76. The maximum Gasteiger partial charge on any atom is 0.235 e. The van der Waals surface area contributed by atoms with Crippen LogP contribution in [-0.4, -0.2) is 20.3 Å². The van der Waals surface area contributed by atoms with Crippen LogP contribution in [0, 0.1) is 6.92 Å². The molecule has 5 rings (SSSR count). The number of carbonyl (C=O) groups excluding carboxylic acids is 1. The van der Waals surface area contributed by atoms with Crippen molar-refractivity contribution < 1.29 is 4.79 Å². The summed E-state index contributed by atoms with van der Waals surface area (Å²) in [6.07, 6.45) is 7.40. The normalized spacial score (nSPS) is 14.8. The lowest BCUT2D eigenvalue weighted by molar-refractivity contribution is -0.118. The molecule has 1 fully saturated rings. The number of imidazole rings is 1. The number of hydrogen-bond donors (Lipinski definition) is 1. The zero-order chi connectivity index (χ0) is 19.1. The maximum atomic E-state index is 12.9. The number of carbonyl (C=O) groups is 1. The van der Waals surface area contributed by atoms with Gasteiger partial charge in [-0.25, -0.2) is 9.97 Å². The van der Waals surface area contributed by atoms with E-state index < -0.39 is 0 Å². The van der Waals surface area contributed by atoms with Gasteiger partial charge in [0.1, 0.15) is 0 Å². The molecule has 1 aliphatic carbocycles. The van der Waals surface area contributed by atoms with Gasteiger partial charge in [0.05, 0.1) is 11.1 Å². The molecule has 138 valence electrons. The van der Waals surface area contributed by atoms with Crippen molar-refractivity contribution in [2.24, 2.45) is 0 Å². The van der Waals surface area contributed by atoms with Crippen LogP contribution in [-0.2, 0) is 10.2 Å². The fourth-order valence-corrected chi connectivity index (χ4v) is 3.66. The van der Waals surface area contributed by atoms with Crippen molar-refractivity contribution in [3.63, 3.8) is 0 Å². The zero-order valence-corrected chi connectivity index (χ0v) is 15.6. The zero-order valence-electron chi connectivity index (χ0n) is 15.6. The monoisotopic (exact) mass is 368 g/mol. The molecule has 1 amide bonds. The van der Waals surface area contributed by atoms with Crippen LogP contribution in [0.3, 0.4) is 0 Å². The Hall–Kier alpha value is -3.47. The second-order valence-electron chi connectivity index (χ2n) is 7.44. The van der Waals surface area contributed by atoms with Gasteiger partial charge < -0.3 is 5.32 Å². The minimum Gasteiger partial charge on any atom is -0.325 e. The van der Waals surface area contributed by atoms with E-state index in [1.165, 1.54) is 5.56 Å². The molecule has 2 heterocycles. The number of nitrogens with one attached hydrogen (secondary N) is 1. The van der Waals surface area contributed by atoms with Crippen molar-refractivity contribution in [3.05, 3.63) is 84.3 Å². The number of fused-ring (bicyclic) bond motifs is 1. The fraction of sp³-hybridized carbons (Fsp3) is 0.174. The van der Waals surface area contributed by atoms with Gasteiger partial charge >= 0.3 is 0 Å². The van der Waals surface area contributed by atoms with Gasteiger partial charge in [0.15, 0.2) is 0 Å². The molecule has 4 aromatic rings. The average molecular weight is 368 g/mol. The standard InChI is InChI=1S/C23H20N4O/c1-16-4-2-5-18(14-16)23(10-11-23)21(28)25-19-8-6-17(7-9-19)20-15-27-13-3-12-24-22(27)26-20/h2-9,12-15H,10-11H2,1H3,(H,25,28). The van der Waals surface area contributed by atoms with Crippen molar-refractivity contribution in [3.8, 4) is 11.3 Å². The van der Waals surface area contributed by atoms with Crippen LogP contribution in [0.5, 0.6) is 0 Å². The van der Waals surface area contributed by atoms with Crippen molar-refractivity contribution in [2.45, 2.75) is 25.2 Å². The number of nitrogens with zero attached hydrogens (tertiary/aromatic N) is 3. The second-order valence-corrected chi connectivity index (χ2v) is 7.44.